The summed E-state index contributed by atoms with van der Waals surface area (Å²) in [4.78, 5) is 27.9. The summed E-state index contributed by atoms with van der Waals surface area (Å²) in [5, 5.41) is 0. The first kappa shape index (κ1) is 19.6. The first-order chi connectivity index (χ1) is 16.3. The summed E-state index contributed by atoms with van der Waals surface area (Å²) >= 11 is 0. The number of hydrogen-bond donors (Lipinski definition) is 0. The fraction of sp³-hybridized carbons (Fsp3) is 0.148. The number of para-hydroxylation sites is 3. The number of hydrogen-bond acceptors (Lipinski definition) is 5. The maximum atomic E-state index is 14.1. The van der Waals surface area contributed by atoms with E-state index in [1.807, 2.05) is 84.9 Å². The standard InChI is InChI=1S/C27H22N4O2/c32-27-23(25(19-9-3-1-4-10-19)30-15-17-33-18-16-30)24-26(31(27)20-11-5-2-6-12-20)29-22-14-8-7-13-21(22)28-24/h1-14H,15-18H2/b25-23+. The lowest BCUT2D eigenvalue weighted by molar-refractivity contribution is -0.112. The van der Waals surface area contributed by atoms with Crippen LogP contribution in [0.4, 0.5) is 11.5 Å². The third-order valence-corrected chi connectivity index (χ3v) is 6.04. The van der Waals surface area contributed by atoms with Crippen molar-refractivity contribution in [1.29, 1.82) is 0 Å². The topological polar surface area (TPSA) is 58.6 Å². The molecule has 0 aliphatic carbocycles. The maximum absolute atomic E-state index is 14.1. The largest absolute Gasteiger partial charge is 0.378 e. The van der Waals surface area contributed by atoms with Gasteiger partial charge in [-0.15, -0.1) is 0 Å². The number of anilines is 2. The van der Waals surface area contributed by atoms with Gasteiger partial charge in [0.15, 0.2) is 5.82 Å². The monoisotopic (exact) mass is 434 g/mol. The average molecular weight is 434 g/mol. The van der Waals surface area contributed by atoms with Crippen LogP contribution in [0.25, 0.3) is 22.3 Å². The Morgan fingerprint density at radius 2 is 1.36 bits per heavy atom. The molecule has 1 amide bonds. The smallest absolute Gasteiger partial charge is 0.268 e. The minimum absolute atomic E-state index is 0.114. The van der Waals surface area contributed by atoms with Gasteiger partial charge in [0.1, 0.15) is 5.69 Å². The Morgan fingerprint density at radius 3 is 2.06 bits per heavy atom. The summed E-state index contributed by atoms with van der Waals surface area (Å²) in [6, 6.07) is 27.5. The van der Waals surface area contributed by atoms with E-state index < -0.39 is 0 Å². The molecule has 6 rings (SSSR count). The quantitative estimate of drug-likeness (QED) is 0.444. The summed E-state index contributed by atoms with van der Waals surface area (Å²) in [5.74, 6) is 0.457. The second-order valence-corrected chi connectivity index (χ2v) is 8.05. The van der Waals surface area contributed by atoms with Crippen LogP contribution in [0.3, 0.4) is 0 Å². The molecular formula is C27H22N4O2. The molecule has 162 valence electrons. The Labute approximate surface area is 191 Å². The summed E-state index contributed by atoms with van der Waals surface area (Å²) in [6.07, 6.45) is 0. The van der Waals surface area contributed by atoms with Crippen molar-refractivity contribution in [2.24, 2.45) is 0 Å². The Bertz CT molecular complexity index is 1360. The van der Waals surface area contributed by atoms with Crippen LogP contribution < -0.4 is 4.90 Å². The minimum atomic E-state index is -0.114. The first-order valence-electron chi connectivity index (χ1n) is 11.1. The Morgan fingerprint density at radius 1 is 0.758 bits per heavy atom. The number of fused-ring (bicyclic) bond motifs is 2. The summed E-state index contributed by atoms with van der Waals surface area (Å²) < 4.78 is 5.61. The SMILES string of the molecule is O=C1/C(=C(\c2ccccc2)N2CCOCC2)c2nc3ccccc3nc2N1c1ccccc1. The number of morpholine rings is 1. The highest BCUT2D eigenvalue weighted by atomic mass is 16.5. The van der Waals surface area contributed by atoms with Crippen LogP contribution in [0.2, 0.25) is 0 Å². The molecule has 0 radical (unpaired) electrons. The van der Waals surface area contributed by atoms with E-state index in [9.17, 15) is 4.79 Å². The van der Waals surface area contributed by atoms with Crippen LogP contribution in [0.1, 0.15) is 11.3 Å². The van der Waals surface area contributed by atoms with Crippen LogP contribution in [0.5, 0.6) is 0 Å². The van der Waals surface area contributed by atoms with Crippen molar-refractivity contribution < 1.29 is 9.53 Å². The number of benzene rings is 3. The van der Waals surface area contributed by atoms with E-state index >= 15 is 0 Å². The molecule has 2 aliphatic rings. The van der Waals surface area contributed by atoms with Gasteiger partial charge < -0.3 is 9.64 Å². The molecule has 0 spiro atoms. The molecule has 33 heavy (non-hydrogen) atoms. The summed E-state index contributed by atoms with van der Waals surface area (Å²) in [7, 11) is 0. The molecule has 0 unspecified atom stereocenters. The van der Waals surface area contributed by atoms with Crippen LogP contribution in [-0.4, -0.2) is 47.1 Å². The molecule has 3 aromatic carbocycles. The molecule has 0 atom stereocenters. The number of aromatic nitrogens is 2. The predicted octanol–water partition coefficient (Wildman–Crippen LogP) is 4.51. The third kappa shape index (κ3) is 3.36. The minimum Gasteiger partial charge on any atom is -0.378 e. The molecule has 4 aromatic rings. The van der Waals surface area contributed by atoms with E-state index in [0.717, 1.165) is 28.0 Å². The highest BCUT2D eigenvalue weighted by molar-refractivity contribution is 6.38. The second kappa shape index (κ2) is 8.15. The Kier molecular flexibility index (Phi) is 4.85. The van der Waals surface area contributed by atoms with E-state index in [2.05, 4.69) is 4.90 Å². The molecule has 1 aromatic heterocycles. The highest BCUT2D eigenvalue weighted by Crippen LogP contribution is 2.44. The molecule has 6 nitrogen and oxygen atoms in total. The molecule has 3 heterocycles. The van der Waals surface area contributed by atoms with Crippen molar-refractivity contribution in [3.05, 3.63) is 96.2 Å². The molecule has 1 saturated heterocycles. The number of amides is 1. The Hall–Kier alpha value is -4.03. The normalized spacial score (nSPS) is 17.4. The van der Waals surface area contributed by atoms with Gasteiger partial charge in [-0.05, 0) is 29.8 Å². The van der Waals surface area contributed by atoms with Crippen molar-refractivity contribution in [3.63, 3.8) is 0 Å². The number of nitrogens with zero attached hydrogens (tertiary/aromatic N) is 4. The lowest BCUT2D eigenvalue weighted by Crippen LogP contribution is -2.36. The molecule has 0 N–H and O–H groups in total. The first-order valence-corrected chi connectivity index (χ1v) is 11.1. The molecule has 0 bridgehead atoms. The number of carbonyl (C=O) groups excluding carboxylic acids is 1. The molecule has 2 aliphatic heterocycles. The van der Waals surface area contributed by atoms with E-state index in [1.165, 1.54) is 0 Å². The zero-order valence-corrected chi connectivity index (χ0v) is 18.0. The van der Waals surface area contributed by atoms with E-state index in [0.29, 0.717) is 43.4 Å². The van der Waals surface area contributed by atoms with Gasteiger partial charge in [0.2, 0.25) is 0 Å². The van der Waals surface area contributed by atoms with Gasteiger partial charge >= 0.3 is 0 Å². The van der Waals surface area contributed by atoms with Gasteiger partial charge in [0.25, 0.3) is 5.91 Å². The Balaban J connectivity index is 1.66. The van der Waals surface area contributed by atoms with E-state index in [1.54, 1.807) is 4.90 Å². The summed E-state index contributed by atoms with van der Waals surface area (Å²) in [6.45, 7) is 2.66. The van der Waals surface area contributed by atoms with Crippen molar-refractivity contribution in [2.45, 2.75) is 0 Å². The van der Waals surface area contributed by atoms with E-state index in [4.69, 9.17) is 14.7 Å². The van der Waals surface area contributed by atoms with Crippen molar-refractivity contribution in [3.8, 4) is 0 Å². The zero-order chi connectivity index (χ0) is 22.2. The van der Waals surface area contributed by atoms with Gasteiger partial charge in [0, 0.05) is 13.1 Å². The number of rotatable bonds is 3. The van der Waals surface area contributed by atoms with Gasteiger partial charge in [-0.2, -0.15) is 0 Å². The van der Waals surface area contributed by atoms with Gasteiger partial charge in [-0.25, -0.2) is 9.97 Å². The number of carbonyl (C=O) groups is 1. The molecular weight excluding hydrogens is 412 g/mol. The number of ether oxygens (including phenoxy) is 1. The van der Waals surface area contributed by atoms with E-state index in [-0.39, 0.29) is 5.91 Å². The highest BCUT2D eigenvalue weighted by Gasteiger charge is 2.40. The van der Waals surface area contributed by atoms with Crippen LogP contribution in [-0.2, 0) is 9.53 Å². The van der Waals surface area contributed by atoms with Crippen molar-refractivity contribution in [1.82, 2.24) is 14.9 Å². The molecule has 0 saturated carbocycles. The zero-order valence-electron chi connectivity index (χ0n) is 18.0. The fourth-order valence-corrected chi connectivity index (χ4v) is 4.52. The van der Waals surface area contributed by atoms with Gasteiger partial charge in [-0.1, -0.05) is 60.7 Å². The van der Waals surface area contributed by atoms with Crippen LogP contribution in [0, 0.1) is 0 Å². The molecule has 6 heteroatoms. The van der Waals surface area contributed by atoms with Crippen LogP contribution >= 0.6 is 0 Å². The maximum Gasteiger partial charge on any atom is 0.268 e. The van der Waals surface area contributed by atoms with Gasteiger partial charge in [0.05, 0.1) is 41.2 Å². The third-order valence-electron chi connectivity index (χ3n) is 6.04. The lowest BCUT2D eigenvalue weighted by Gasteiger charge is -2.32. The van der Waals surface area contributed by atoms with Crippen molar-refractivity contribution in [2.75, 3.05) is 31.2 Å². The van der Waals surface area contributed by atoms with Crippen molar-refractivity contribution >= 4 is 39.7 Å². The fourth-order valence-electron chi connectivity index (χ4n) is 4.52. The average Bonchev–Trinajstić information content (AvgIpc) is 3.15. The predicted molar refractivity (Wildman–Crippen MR) is 129 cm³/mol. The van der Waals surface area contributed by atoms with Gasteiger partial charge in [-0.3, -0.25) is 9.69 Å². The lowest BCUT2D eigenvalue weighted by atomic mass is 10.0. The summed E-state index contributed by atoms with van der Waals surface area (Å²) in [5.41, 5.74) is 5.38. The second-order valence-electron chi connectivity index (χ2n) is 8.05. The van der Waals surface area contributed by atoms with Crippen LogP contribution in [0.15, 0.2) is 84.9 Å². The molecule has 1 fully saturated rings.